The minimum Gasteiger partial charge on any atom is -0.506 e. The van der Waals surface area contributed by atoms with Crippen molar-refractivity contribution in [3.8, 4) is 5.75 Å². The highest BCUT2D eigenvalue weighted by atomic mass is 35.5. The van der Waals surface area contributed by atoms with Gasteiger partial charge < -0.3 is 10.4 Å². The summed E-state index contributed by atoms with van der Waals surface area (Å²) in [6, 6.07) is 9.92. The molecule has 0 atom stereocenters. The van der Waals surface area contributed by atoms with Crippen LogP contribution in [0.2, 0.25) is 5.02 Å². The van der Waals surface area contributed by atoms with E-state index < -0.39 is 0 Å². The lowest BCUT2D eigenvalue weighted by Crippen LogP contribution is -2.11. The Morgan fingerprint density at radius 2 is 2.10 bits per heavy atom. The van der Waals surface area contributed by atoms with Gasteiger partial charge in [-0.3, -0.25) is 4.79 Å². The molecule has 0 unspecified atom stereocenters. The first-order valence-corrected chi connectivity index (χ1v) is 7.39. The summed E-state index contributed by atoms with van der Waals surface area (Å²) in [6.07, 6.45) is 0. The number of phenolic OH excluding ortho intramolecular Hbond substituents is 1. The number of hydrogen-bond donors (Lipinski definition) is 2. The van der Waals surface area contributed by atoms with Gasteiger partial charge in [0.2, 0.25) is 0 Å². The normalized spacial score (nSPS) is 10.8. The number of aromatic hydroxyl groups is 1. The number of rotatable bonds is 2. The zero-order valence-electron chi connectivity index (χ0n) is 11.1. The fourth-order valence-electron chi connectivity index (χ4n) is 1.97. The summed E-state index contributed by atoms with van der Waals surface area (Å²) in [6.45, 7) is 1.95. The molecule has 0 aliphatic heterocycles. The zero-order valence-corrected chi connectivity index (χ0v) is 12.6. The molecule has 3 aromatic rings. The van der Waals surface area contributed by atoms with Crippen molar-refractivity contribution in [3.05, 3.63) is 52.0 Å². The fraction of sp³-hybridized carbons (Fsp3) is 0.0667. The van der Waals surface area contributed by atoms with Crippen LogP contribution in [0.15, 0.2) is 36.4 Å². The Morgan fingerprint density at radius 1 is 1.29 bits per heavy atom. The van der Waals surface area contributed by atoms with Gasteiger partial charge in [0.25, 0.3) is 5.91 Å². The number of aromatic nitrogens is 1. The minimum absolute atomic E-state index is 0.0465. The van der Waals surface area contributed by atoms with Crippen molar-refractivity contribution in [1.29, 1.82) is 0 Å². The van der Waals surface area contributed by atoms with Crippen LogP contribution < -0.4 is 5.32 Å². The van der Waals surface area contributed by atoms with E-state index >= 15 is 0 Å². The van der Waals surface area contributed by atoms with Gasteiger partial charge >= 0.3 is 0 Å². The van der Waals surface area contributed by atoms with Gasteiger partial charge in [-0.1, -0.05) is 11.6 Å². The molecule has 1 amide bonds. The van der Waals surface area contributed by atoms with E-state index in [4.69, 9.17) is 11.6 Å². The molecule has 4 nitrogen and oxygen atoms in total. The first-order valence-electron chi connectivity index (χ1n) is 6.20. The summed E-state index contributed by atoms with van der Waals surface area (Å²) in [5.41, 5.74) is 2.00. The Bertz CT molecular complexity index is 845. The number of aryl methyl sites for hydroxylation is 1. The quantitative estimate of drug-likeness (QED) is 0.743. The van der Waals surface area contributed by atoms with Gasteiger partial charge in [0.15, 0.2) is 0 Å². The van der Waals surface area contributed by atoms with Crippen molar-refractivity contribution in [1.82, 2.24) is 4.98 Å². The lowest BCUT2D eigenvalue weighted by Gasteiger charge is -2.06. The summed E-state index contributed by atoms with van der Waals surface area (Å²) in [7, 11) is 0. The molecule has 2 N–H and O–H groups in total. The SMILES string of the molecule is Cc1nc2ccc(NC(=O)c3ccc(O)c(Cl)c3)cc2s1. The molecule has 0 saturated heterocycles. The molecule has 1 heterocycles. The van der Waals surface area contributed by atoms with Crippen LogP contribution in [-0.2, 0) is 0 Å². The average molecular weight is 319 g/mol. The van der Waals surface area contributed by atoms with Crippen molar-refractivity contribution in [3.63, 3.8) is 0 Å². The second-order valence-electron chi connectivity index (χ2n) is 4.54. The molecule has 0 spiro atoms. The smallest absolute Gasteiger partial charge is 0.255 e. The summed E-state index contributed by atoms with van der Waals surface area (Å²) in [5.74, 6) is -0.327. The van der Waals surface area contributed by atoms with Gasteiger partial charge in [-0.2, -0.15) is 0 Å². The van der Waals surface area contributed by atoms with E-state index in [0.29, 0.717) is 11.3 Å². The molecule has 2 aromatic carbocycles. The number of nitrogens with one attached hydrogen (secondary N) is 1. The number of amides is 1. The number of anilines is 1. The third-order valence-electron chi connectivity index (χ3n) is 2.96. The van der Waals surface area contributed by atoms with Crippen LogP contribution in [0.1, 0.15) is 15.4 Å². The van der Waals surface area contributed by atoms with Crippen molar-refractivity contribution in [2.45, 2.75) is 6.92 Å². The highest BCUT2D eigenvalue weighted by molar-refractivity contribution is 7.18. The molecular weight excluding hydrogens is 308 g/mol. The van der Waals surface area contributed by atoms with Gasteiger partial charge in [-0.25, -0.2) is 4.98 Å². The van der Waals surface area contributed by atoms with Crippen LogP contribution in [-0.4, -0.2) is 16.0 Å². The van der Waals surface area contributed by atoms with Crippen molar-refractivity contribution < 1.29 is 9.90 Å². The predicted octanol–water partition coefficient (Wildman–Crippen LogP) is 4.22. The van der Waals surface area contributed by atoms with Gasteiger partial charge in [0.05, 0.1) is 20.2 Å². The van der Waals surface area contributed by atoms with Crippen LogP contribution in [0.25, 0.3) is 10.2 Å². The van der Waals surface area contributed by atoms with Crippen LogP contribution in [0.3, 0.4) is 0 Å². The van der Waals surface area contributed by atoms with E-state index in [2.05, 4.69) is 10.3 Å². The van der Waals surface area contributed by atoms with Crippen molar-refractivity contribution >= 4 is 44.7 Å². The molecule has 0 aliphatic rings. The number of fused-ring (bicyclic) bond motifs is 1. The number of carbonyl (C=O) groups is 1. The first kappa shape index (κ1) is 13.9. The number of thiazole rings is 1. The Morgan fingerprint density at radius 3 is 2.86 bits per heavy atom. The number of carbonyl (C=O) groups excluding carboxylic acids is 1. The first-order chi connectivity index (χ1) is 10.0. The van der Waals surface area contributed by atoms with E-state index in [-0.39, 0.29) is 16.7 Å². The Balaban J connectivity index is 1.86. The highest BCUT2D eigenvalue weighted by Gasteiger charge is 2.10. The molecule has 0 bridgehead atoms. The lowest BCUT2D eigenvalue weighted by atomic mass is 10.2. The summed E-state index contributed by atoms with van der Waals surface area (Å²) >= 11 is 7.38. The average Bonchev–Trinajstić information content (AvgIpc) is 2.81. The van der Waals surface area contributed by atoms with Crippen LogP contribution in [0, 0.1) is 6.92 Å². The van der Waals surface area contributed by atoms with Gasteiger partial charge in [-0.05, 0) is 43.3 Å². The summed E-state index contributed by atoms with van der Waals surface area (Å²) in [4.78, 5) is 16.5. The Labute approximate surface area is 130 Å². The standard InChI is InChI=1S/C15H11ClN2O2S/c1-8-17-12-4-3-10(7-14(12)21-8)18-15(20)9-2-5-13(19)11(16)6-9/h2-7,19H,1H3,(H,18,20). The van der Waals surface area contributed by atoms with Crippen LogP contribution in [0.5, 0.6) is 5.75 Å². The topological polar surface area (TPSA) is 62.2 Å². The third-order valence-corrected chi connectivity index (χ3v) is 4.20. The van der Waals surface area contributed by atoms with E-state index in [1.54, 1.807) is 17.4 Å². The van der Waals surface area contributed by atoms with E-state index in [1.165, 1.54) is 18.2 Å². The molecule has 0 aliphatic carbocycles. The molecule has 21 heavy (non-hydrogen) atoms. The van der Waals surface area contributed by atoms with Crippen molar-refractivity contribution in [2.75, 3.05) is 5.32 Å². The second-order valence-corrected chi connectivity index (χ2v) is 6.18. The molecule has 3 rings (SSSR count). The van der Waals surface area contributed by atoms with Gasteiger partial charge in [0.1, 0.15) is 5.75 Å². The van der Waals surface area contributed by atoms with Crippen LogP contribution in [0.4, 0.5) is 5.69 Å². The maximum Gasteiger partial charge on any atom is 0.255 e. The maximum atomic E-state index is 12.2. The largest absolute Gasteiger partial charge is 0.506 e. The molecule has 0 fully saturated rings. The number of benzene rings is 2. The number of halogens is 1. The van der Waals surface area contributed by atoms with Crippen molar-refractivity contribution in [2.24, 2.45) is 0 Å². The van der Waals surface area contributed by atoms with Gasteiger partial charge in [-0.15, -0.1) is 11.3 Å². The predicted molar refractivity (Wildman–Crippen MR) is 85.4 cm³/mol. The Hall–Kier alpha value is -2.11. The monoisotopic (exact) mass is 318 g/mol. The molecule has 0 radical (unpaired) electrons. The van der Waals surface area contributed by atoms with E-state index in [1.807, 2.05) is 19.1 Å². The Kier molecular flexibility index (Phi) is 3.53. The molecule has 6 heteroatoms. The summed E-state index contributed by atoms with van der Waals surface area (Å²) < 4.78 is 1.02. The molecule has 106 valence electrons. The minimum atomic E-state index is -0.280. The molecular formula is C15H11ClN2O2S. The third kappa shape index (κ3) is 2.84. The number of phenols is 1. The van der Waals surface area contributed by atoms with Crippen LogP contribution >= 0.6 is 22.9 Å². The lowest BCUT2D eigenvalue weighted by molar-refractivity contribution is 0.102. The van der Waals surface area contributed by atoms with E-state index in [0.717, 1.165) is 15.2 Å². The molecule has 1 aromatic heterocycles. The number of hydrogen-bond acceptors (Lipinski definition) is 4. The maximum absolute atomic E-state index is 12.2. The highest BCUT2D eigenvalue weighted by Crippen LogP contribution is 2.26. The number of nitrogens with zero attached hydrogens (tertiary/aromatic N) is 1. The van der Waals surface area contributed by atoms with E-state index in [9.17, 15) is 9.90 Å². The fourth-order valence-corrected chi connectivity index (χ4v) is 3.02. The summed E-state index contributed by atoms with van der Waals surface area (Å²) in [5, 5.41) is 13.3. The molecule has 0 saturated carbocycles. The zero-order chi connectivity index (χ0) is 15.0. The van der Waals surface area contributed by atoms with Gasteiger partial charge in [0, 0.05) is 11.3 Å². The second kappa shape index (κ2) is 5.35.